The number of aromatic nitrogens is 3. The molecule has 0 aliphatic rings. The molecule has 0 bridgehead atoms. The summed E-state index contributed by atoms with van der Waals surface area (Å²) in [6, 6.07) is 7.81. The number of methoxy groups -OCH3 is 1. The van der Waals surface area contributed by atoms with Gasteiger partial charge in [-0.1, -0.05) is 13.8 Å². The number of imidazole rings is 1. The van der Waals surface area contributed by atoms with Gasteiger partial charge in [0.25, 0.3) is 0 Å². The van der Waals surface area contributed by atoms with Crippen LogP contribution >= 0.6 is 0 Å². The molecule has 0 radical (unpaired) electrons. The Morgan fingerprint density at radius 3 is 2.46 bits per heavy atom. The number of nitrogens with zero attached hydrogens (tertiary/aromatic N) is 3. The molecule has 0 unspecified atom stereocenters. The van der Waals surface area contributed by atoms with E-state index in [1.165, 1.54) is 0 Å². The van der Waals surface area contributed by atoms with Crippen LogP contribution in [0.2, 0.25) is 0 Å². The molecule has 3 aromatic rings. The fraction of sp³-hybridized carbons (Fsp3) is 0.333. The first-order chi connectivity index (χ1) is 11.4. The second-order valence-corrected chi connectivity index (χ2v) is 6.20. The lowest BCUT2D eigenvalue weighted by Crippen LogP contribution is -2.19. The zero-order valence-electron chi connectivity index (χ0n) is 14.6. The molecule has 126 valence electrons. The van der Waals surface area contributed by atoms with Gasteiger partial charge in [0.05, 0.1) is 30.0 Å². The first kappa shape index (κ1) is 16.1. The highest BCUT2D eigenvalue weighted by Gasteiger charge is 2.15. The Labute approximate surface area is 140 Å². The van der Waals surface area contributed by atoms with Crippen LogP contribution in [0, 0.1) is 0 Å². The van der Waals surface area contributed by atoms with Crippen molar-refractivity contribution in [3.05, 3.63) is 46.5 Å². The predicted octanol–water partition coefficient (Wildman–Crippen LogP) is 3.15. The minimum Gasteiger partial charge on any atom is -0.481 e. The predicted molar refractivity (Wildman–Crippen MR) is 96.3 cm³/mol. The summed E-state index contributed by atoms with van der Waals surface area (Å²) in [7, 11) is 5.21. The van der Waals surface area contributed by atoms with Gasteiger partial charge in [-0.3, -0.25) is 9.13 Å². The Kier molecular flexibility index (Phi) is 4.05. The summed E-state index contributed by atoms with van der Waals surface area (Å²) >= 11 is 0. The molecule has 0 aliphatic carbocycles. The number of anilines is 2. The normalized spacial score (nSPS) is 11.2. The molecular weight excluding hydrogens is 304 g/mol. The van der Waals surface area contributed by atoms with Crippen LogP contribution in [0.15, 0.2) is 35.3 Å². The largest absolute Gasteiger partial charge is 0.481 e. The summed E-state index contributed by atoms with van der Waals surface area (Å²) < 4.78 is 8.47. The van der Waals surface area contributed by atoms with Crippen LogP contribution in [0.1, 0.15) is 25.3 Å². The number of hydrogen-bond acceptors (Lipinski definition) is 4. The molecule has 1 N–H and O–H groups in total. The Balaban J connectivity index is 2.11. The van der Waals surface area contributed by atoms with E-state index < -0.39 is 0 Å². The van der Waals surface area contributed by atoms with E-state index in [9.17, 15) is 4.79 Å². The zero-order chi connectivity index (χ0) is 17.4. The zero-order valence-corrected chi connectivity index (χ0v) is 14.6. The molecule has 0 spiro atoms. The molecule has 0 aliphatic heterocycles. The summed E-state index contributed by atoms with van der Waals surface area (Å²) in [6.07, 6.45) is 1.72. The SMILES string of the molecule is COc1ccc(Nc2cc(C(C)C)c3c(c2)n(C)c(=O)n3C)cn1. The van der Waals surface area contributed by atoms with Crippen LogP contribution in [-0.2, 0) is 14.1 Å². The summed E-state index contributed by atoms with van der Waals surface area (Å²) in [4.78, 5) is 16.5. The maximum atomic E-state index is 12.3. The average molecular weight is 326 g/mol. The van der Waals surface area contributed by atoms with Crippen LogP contribution in [0.25, 0.3) is 11.0 Å². The molecule has 2 aromatic heterocycles. The van der Waals surface area contributed by atoms with Gasteiger partial charge in [0.15, 0.2) is 0 Å². The van der Waals surface area contributed by atoms with E-state index in [1.807, 2.05) is 25.2 Å². The molecule has 0 saturated carbocycles. The molecule has 6 heteroatoms. The van der Waals surface area contributed by atoms with Crippen molar-refractivity contribution in [2.24, 2.45) is 14.1 Å². The highest BCUT2D eigenvalue weighted by atomic mass is 16.5. The second-order valence-electron chi connectivity index (χ2n) is 6.20. The third-order valence-electron chi connectivity index (χ3n) is 4.25. The quantitative estimate of drug-likeness (QED) is 0.800. The number of nitrogens with one attached hydrogen (secondary N) is 1. The van der Waals surface area contributed by atoms with E-state index >= 15 is 0 Å². The number of benzene rings is 1. The molecule has 3 rings (SSSR count). The van der Waals surface area contributed by atoms with Gasteiger partial charge in [0, 0.05) is 25.8 Å². The number of aryl methyl sites for hydroxylation is 2. The highest BCUT2D eigenvalue weighted by molar-refractivity contribution is 5.85. The fourth-order valence-electron chi connectivity index (χ4n) is 2.94. The molecule has 0 saturated heterocycles. The van der Waals surface area contributed by atoms with E-state index in [-0.39, 0.29) is 5.69 Å². The van der Waals surface area contributed by atoms with E-state index in [2.05, 4.69) is 30.2 Å². The smallest absolute Gasteiger partial charge is 0.328 e. The van der Waals surface area contributed by atoms with E-state index in [1.54, 1.807) is 29.5 Å². The van der Waals surface area contributed by atoms with Crippen LogP contribution in [-0.4, -0.2) is 21.2 Å². The standard InChI is InChI=1S/C18H22N4O2/c1-11(2)14-8-13(20-12-6-7-16(24-5)19-10-12)9-15-17(14)22(4)18(23)21(15)3/h6-11,20H,1-5H3. The number of pyridine rings is 1. The molecule has 0 fully saturated rings. The van der Waals surface area contributed by atoms with Crippen molar-refractivity contribution < 1.29 is 4.74 Å². The van der Waals surface area contributed by atoms with Gasteiger partial charge in [0.2, 0.25) is 5.88 Å². The van der Waals surface area contributed by atoms with Crippen LogP contribution in [0.4, 0.5) is 11.4 Å². The van der Waals surface area contributed by atoms with Gasteiger partial charge in [-0.05, 0) is 29.7 Å². The monoisotopic (exact) mass is 326 g/mol. The van der Waals surface area contributed by atoms with Gasteiger partial charge >= 0.3 is 5.69 Å². The van der Waals surface area contributed by atoms with Crippen molar-refractivity contribution in [3.63, 3.8) is 0 Å². The number of ether oxygens (including phenoxy) is 1. The van der Waals surface area contributed by atoms with Crippen molar-refractivity contribution in [3.8, 4) is 5.88 Å². The minimum atomic E-state index is -0.0184. The second kappa shape index (κ2) is 6.03. The Morgan fingerprint density at radius 1 is 1.12 bits per heavy atom. The lowest BCUT2D eigenvalue weighted by atomic mass is 10.0. The molecule has 1 aromatic carbocycles. The first-order valence-corrected chi connectivity index (χ1v) is 7.88. The van der Waals surface area contributed by atoms with Crippen molar-refractivity contribution in [2.45, 2.75) is 19.8 Å². The van der Waals surface area contributed by atoms with E-state index in [0.29, 0.717) is 11.8 Å². The van der Waals surface area contributed by atoms with Crippen molar-refractivity contribution in [1.29, 1.82) is 0 Å². The Hall–Kier alpha value is -2.76. The number of rotatable bonds is 4. The van der Waals surface area contributed by atoms with E-state index in [4.69, 9.17) is 4.74 Å². The van der Waals surface area contributed by atoms with Crippen molar-refractivity contribution in [1.82, 2.24) is 14.1 Å². The van der Waals surface area contributed by atoms with Crippen molar-refractivity contribution in [2.75, 3.05) is 12.4 Å². The van der Waals surface area contributed by atoms with Gasteiger partial charge in [-0.15, -0.1) is 0 Å². The summed E-state index contributed by atoms with van der Waals surface area (Å²) in [5.41, 5.74) is 4.81. The summed E-state index contributed by atoms with van der Waals surface area (Å²) in [6.45, 7) is 4.26. The summed E-state index contributed by atoms with van der Waals surface area (Å²) in [5.74, 6) is 0.876. The lowest BCUT2D eigenvalue weighted by Gasteiger charge is -2.13. The third kappa shape index (κ3) is 2.64. The van der Waals surface area contributed by atoms with Crippen LogP contribution < -0.4 is 15.7 Å². The van der Waals surface area contributed by atoms with Crippen LogP contribution in [0.5, 0.6) is 5.88 Å². The minimum absolute atomic E-state index is 0.0184. The Morgan fingerprint density at radius 2 is 1.88 bits per heavy atom. The maximum Gasteiger partial charge on any atom is 0.328 e. The molecule has 0 amide bonds. The molecule has 2 heterocycles. The van der Waals surface area contributed by atoms with Gasteiger partial charge in [-0.25, -0.2) is 9.78 Å². The topological polar surface area (TPSA) is 61.1 Å². The number of hydrogen-bond donors (Lipinski definition) is 1. The van der Waals surface area contributed by atoms with Gasteiger partial charge in [0.1, 0.15) is 0 Å². The molecule has 6 nitrogen and oxygen atoms in total. The lowest BCUT2D eigenvalue weighted by molar-refractivity contribution is 0.398. The van der Waals surface area contributed by atoms with Gasteiger partial charge < -0.3 is 10.1 Å². The molecule has 0 atom stereocenters. The third-order valence-corrected chi connectivity index (χ3v) is 4.25. The van der Waals surface area contributed by atoms with Crippen LogP contribution in [0.3, 0.4) is 0 Å². The molecular formula is C18H22N4O2. The maximum absolute atomic E-state index is 12.3. The van der Waals surface area contributed by atoms with Gasteiger partial charge in [-0.2, -0.15) is 0 Å². The Bertz CT molecular complexity index is 936. The highest BCUT2D eigenvalue weighted by Crippen LogP contribution is 2.30. The fourth-order valence-corrected chi connectivity index (χ4v) is 2.94. The summed E-state index contributed by atoms with van der Waals surface area (Å²) in [5, 5.41) is 3.36. The average Bonchev–Trinajstić information content (AvgIpc) is 2.79. The van der Waals surface area contributed by atoms with Crippen molar-refractivity contribution >= 4 is 22.4 Å². The van der Waals surface area contributed by atoms with E-state index in [0.717, 1.165) is 28.0 Å². The number of fused-ring (bicyclic) bond motifs is 1. The molecule has 24 heavy (non-hydrogen) atoms. The first-order valence-electron chi connectivity index (χ1n) is 7.88.